The van der Waals surface area contributed by atoms with Gasteiger partial charge in [-0.05, 0) is 24.7 Å². The third-order valence-corrected chi connectivity index (χ3v) is 6.18. The van der Waals surface area contributed by atoms with E-state index in [9.17, 15) is 4.79 Å². The lowest BCUT2D eigenvalue weighted by Crippen LogP contribution is -2.23. The molecule has 1 amide bonds. The highest BCUT2D eigenvalue weighted by Crippen LogP contribution is 2.22. The van der Waals surface area contributed by atoms with Gasteiger partial charge in [0.1, 0.15) is 0 Å². The summed E-state index contributed by atoms with van der Waals surface area (Å²) in [6.07, 6.45) is 27.6. The Bertz CT molecular complexity index is 358. The van der Waals surface area contributed by atoms with Crippen molar-refractivity contribution in [2.45, 2.75) is 163 Å². The molecule has 0 aliphatic carbocycles. The highest BCUT2D eigenvalue weighted by molar-refractivity contribution is 5.75. The fraction of sp³-hybridized carbons (Fsp3) is 0.964. The van der Waals surface area contributed by atoms with Gasteiger partial charge in [0.25, 0.3) is 0 Å². The SMILES string of the molecule is CCCCCCCCCCCCCCCCCC(=O)NCCCCCCC(C)(C)C. The molecule has 30 heavy (non-hydrogen) atoms. The largest absolute Gasteiger partial charge is 0.356 e. The minimum atomic E-state index is 0.263. The molecule has 0 saturated carbocycles. The summed E-state index contributed by atoms with van der Waals surface area (Å²) in [4.78, 5) is 11.9. The molecule has 0 rings (SSSR count). The smallest absolute Gasteiger partial charge is 0.219 e. The average Bonchev–Trinajstić information content (AvgIpc) is 2.69. The maximum atomic E-state index is 11.9. The number of carbonyl (C=O) groups excluding carboxylic acids is 1. The van der Waals surface area contributed by atoms with Crippen LogP contribution in [0.3, 0.4) is 0 Å². The highest BCUT2D eigenvalue weighted by Gasteiger charge is 2.08. The zero-order valence-corrected chi connectivity index (χ0v) is 21.5. The summed E-state index contributed by atoms with van der Waals surface area (Å²) in [6, 6.07) is 0. The van der Waals surface area contributed by atoms with Crippen molar-refractivity contribution in [2.24, 2.45) is 5.41 Å². The van der Waals surface area contributed by atoms with Crippen LogP contribution in [0.5, 0.6) is 0 Å². The predicted molar refractivity (Wildman–Crippen MR) is 135 cm³/mol. The van der Waals surface area contributed by atoms with Gasteiger partial charge in [0.15, 0.2) is 0 Å². The molecular formula is C28H57NO. The molecule has 2 nitrogen and oxygen atoms in total. The molecule has 0 radical (unpaired) electrons. The third kappa shape index (κ3) is 25.5. The molecule has 2 heteroatoms. The maximum absolute atomic E-state index is 11.9. The second-order valence-corrected chi connectivity index (χ2v) is 10.8. The van der Waals surface area contributed by atoms with Crippen molar-refractivity contribution in [1.82, 2.24) is 5.32 Å². The van der Waals surface area contributed by atoms with E-state index in [-0.39, 0.29) is 5.91 Å². The van der Waals surface area contributed by atoms with Gasteiger partial charge in [0.2, 0.25) is 5.91 Å². The molecule has 180 valence electrons. The minimum Gasteiger partial charge on any atom is -0.356 e. The van der Waals surface area contributed by atoms with Gasteiger partial charge in [-0.1, -0.05) is 137 Å². The van der Waals surface area contributed by atoms with E-state index in [0.717, 1.165) is 25.8 Å². The van der Waals surface area contributed by atoms with Crippen LogP contribution in [0.4, 0.5) is 0 Å². The van der Waals surface area contributed by atoms with Gasteiger partial charge < -0.3 is 5.32 Å². The monoisotopic (exact) mass is 423 g/mol. The molecule has 0 aliphatic rings. The Morgan fingerprint density at radius 3 is 1.43 bits per heavy atom. The van der Waals surface area contributed by atoms with Crippen LogP contribution in [-0.4, -0.2) is 12.5 Å². The molecule has 0 heterocycles. The van der Waals surface area contributed by atoms with E-state index in [2.05, 4.69) is 33.0 Å². The van der Waals surface area contributed by atoms with Crippen molar-refractivity contribution in [3.05, 3.63) is 0 Å². The van der Waals surface area contributed by atoms with E-state index in [4.69, 9.17) is 0 Å². The van der Waals surface area contributed by atoms with Crippen molar-refractivity contribution >= 4 is 5.91 Å². The first kappa shape index (κ1) is 29.5. The summed E-state index contributed by atoms with van der Waals surface area (Å²) >= 11 is 0. The molecule has 0 unspecified atom stereocenters. The minimum absolute atomic E-state index is 0.263. The topological polar surface area (TPSA) is 29.1 Å². The van der Waals surface area contributed by atoms with Crippen LogP contribution in [0.15, 0.2) is 0 Å². The van der Waals surface area contributed by atoms with E-state index < -0.39 is 0 Å². The summed E-state index contributed by atoms with van der Waals surface area (Å²) < 4.78 is 0. The van der Waals surface area contributed by atoms with Crippen LogP contribution in [-0.2, 0) is 4.79 Å². The first-order valence-electron chi connectivity index (χ1n) is 13.7. The van der Waals surface area contributed by atoms with E-state index in [1.807, 2.05) is 0 Å². The predicted octanol–water partition coefficient (Wildman–Crippen LogP) is 9.36. The van der Waals surface area contributed by atoms with Crippen LogP contribution in [0.1, 0.15) is 163 Å². The van der Waals surface area contributed by atoms with Crippen LogP contribution < -0.4 is 5.32 Å². The van der Waals surface area contributed by atoms with Gasteiger partial charge in [-0.15, -0.1) is 0 Å². The standard InChI is InChI=1S/C28H57NO/c1-5-6-7-8-9-10-11-12-13-14-15-16-17-18-21-24-27(30)29-26-23-20-19-22-25-28(2,3)4/h5-26H2,1-4H3,(H,29,30). The molecule has 1 N–H and O–H groups in total. The van der Waals surface area contributed by atoms with E-state index in [0.29, 0.717) is 5.41 Å². The van der Waals surface area contributed by atoms with Gasteiger partial charge in [-0.2, -0.15) is 0 Å². The van der Waals surface area contributed by atoms with E-state index in [1.165, 1.54) is 116 Å². The number of hydrogen-bond donors (Lipinski definition) is 1. The highest BCUT2D eigenvalue weighted by atomic mass is 16.1. The second-order valence-electron chi connectivity index (χ2n) is 10.8. The summed E-state index contributed by atoms with van der Waals surface area (Å²) in [5.74, 6) is 0.263. The molecular weight excluding hydrogens is 366 g/mol. The van der Waals surface area contributed by atoms with Crippen molar-refractivity contribution < 1.29 is 4.79 Å². The lowest BCUT2D eigenvalue weighted by Gasteiger charge is -2.17. The number of amides is 1. The lowest BCUT2D eigenvalue weighted by molar-refractivity contribution is -0.121. The lowest BCUT2D eigenvalue weighted by atomic mass is 9.89. The van der Waals surface area contributed by atoms with Gasteiger partial charge in [0.05, 0.1) is 0 Å². The number of nitrogens with one attached hydrogen (secondary N) is 1. The molecule has 0 aromatic rings. The first-order valence-corrected chi connectivity index (χ1v) is 13.7. The fourth-order valence-electron chi connectivity index (χ4n) is 4.11. The third-order valence-electron chi connectivity index (χ3n) is 6.18. The Hall–Kier alpha value is -0.530. The molecule has 0 saturated heterocycles. The van der Waals surface area contributed by atoms with Crippen LogP contribution in [0.2, 0.25) is 0 Å². The van der Waals surface area contributed by atoms with Crippen molar-refractivity contribution in [2.75, 3.05) is 6.54 Å². The van der Waals surface area contributed by atoms with Crippen LogP contribution in [0, 0.1) is 5.41 Å². The Kier molecular flexibility index (Phi) is 21.3. The molecule has 0 spiro atoms. The fourth-order valence-corrected chi connectivity index (χ4v) is 4.11. The zero-order chi connectivity index (χ0) is 22.3. The van der Waals surface area contributed by atoms with E-state index in [1.54, 1.807) is 0 Å². The number of unbranched alkanes of at least 4 members (excludes halogenated alkanes) is 17. The number of hydrogen-bond acceptors (Lipinski definition) is 1. The zero-order valence-electron chi connectivity index (χ0n) is 21.5. The first-order chi connectivity index (χ1) is 14.5. The molecule has 0 aromatic heterocycles. The van der Waals surface area contributed by atoms with E-state index >= 15 is 0 Å². The van der Waals surface area contributed by atoms with Crippen molar-refractivity contribution in [3.8, 4) is 0 Å². The molecule has 0 bridgehead atoms. The Balaban J connectivity index is 3.18. The summed E-state index contributed by atoms with van der Waals surface area (Å²) in [7, 11) is 0. The molecule has 0 aromatic carbocycles. The second kappa shape index (κ2) is 21.7. The van der Waals surface area contributed by atoms with Gasteiger partial charge in [-0.3, -0.25) is 4.79 Å². The summed E-state index contributed by atoms with van der Waals surface area (Å²) in [5.41, 5.74) is 0.460. The molecule has 0 aliphatic heterocycles. The Morgan fingerprint density at radius 2 is 0.967 bits per heavy atom. The quantitative estimate of drug-likeness (QED) is 0.173. The molecule has 0 atom stereocenters. The van der Waals surface area contributed by atoms with Crippen molar-refractivity contribution in [3.63, 3.8) is 0 Å². The van der Waals surface area contributed by atoms with Crippen LogP contribution >= 0.6 is 0 Å². The Labute approximate surface area is 190 Å². The van der Waals surface area contributed by atoms with Crippen molar-refractivity contribution in [1.29, 1.82) is 0 Å². The summed E-state index contributed by atoms with van der Waals surface area (Å²) in [5, 5.41) is 3.10. The average molecular weight is 424 g/mol. The normalized spacial score (nSPS) is 11.7. The van der Waals surface area contributed by atoms with Gasteiger partial charge in [0, 0.05) is 13.0 Å². The maximum Gasteiger partial charge on any atom is 0.219 e. The van der Waals surface area contributed by atoms with Gasteiger partial charge >= 0.3 is 0 Å². The molecule has 0 fully saturated rings. The number of carbonyl (C=O) groups is 1. The summed E-state index contributed by atoms with van der Waals surface area (Å²) in [6.45, 7) is 10.1. The Morgan fingerprint density at radius 1 is 0.567 bits per heavy atom. The van der Waals surface area contributed by atoms with Crippen LogP contribution in [0.25, 0.3) is 0 Å². The number of rotatable bonds is 22. The van der Waals surface area contributed by atoms with Gasteiger partial charge in [-0.25, -0.2) is 0 Å².